The van der Waals surface area contributed by atoms with E-state index in [1.54, 1.807) is 13.3 Å². The first-order valence-electron chi connectivity index (χ1n) is 12.6. The second-order valence-electron chi connectivity index (χ2n) is 9.50. The van der Waals surface area contributed by atoms with Crippen LogP contribution in [0.5, 0.6) is 0 Å². The van der Waals surface area contributed by atoms with Crippen molar-refractivity contribution in [2.45, 2.75) is 32.0 Å². The quantitative estimate of drug-likeness (QED) is 0.342. The van der Waals surface area contributed by atoms with Crippen molar-refractivity contribution >= 4 is 27.6 Å². The van der Waals surface area contributed by atoms with Crippen LogP contribution in [0.1, 0.15) is 34.3 Å². The molecule has 0 bridgehead atoms. The predicted molar refractivity (Wildman–Crippen MR) is 143 cm³/mol. The van der Waals surface area contributed by atoms with Crippen LogP contribution in [0.25, 0.3) is 21.7 Å². The van der Waals surface area contributed by atoms with E-state index in [1.165, 1.54) is 21.9 Å². The highest BCUT2D eigenvalue weighted by Gasteiger charge is 2.21. The molecule has 1 saturated heterocycles. The van der Waals surface area contributed by atoms with Gasteiger partial charge in [-0.25, -0.2) is 0 Å². The third-order valence-corrected chi connectivity index (χ3v) is 6.85. The van der Waals surface area contributed by atoms with E-state index in [-0.39, 0.29) is 11.9 Å². The lowest BCUT2D eigenvalue weighted by Gasteiger charge is -2.32. The van der Waals surface area contributed by atoms with Crippen LogP contribution in [0.4, 0.5) is 0 Å². The van der Waals surface area contributed by atoms with E-state index in [0.717, 1.165) is 43.4 Å². The van der Waals surface area contributed by atoms with Crippen molar-refractivity contribution in [2.24, 2.45) is 0 Å². The summed E-state index contributed by atoms with van der Waals surface area (Å²) in [5.41, 5.74) is 4.01. The normalized spacial score (nSPS) is 14.9. The number of methoxy groups -OCH3 is 1. The fraction of sp³-hybridized carbons (Fsp3) is 0.333. The summed E-state index contributed by atoms with van der Waals surface area (Å²) in [4.78, 5) is 19.7. The summed E-state index contributed by atoms with van der Waals surface area (Å²) in [6.45, 7) is 4.65. The summed E-state index contributed by atoms with van der Waals surface area (Å²) in [7, 11) is 1.68. The van der Waals surface area contributed by atoms with Crippen molar-refractivity contribution in [3.63, 3.8) is 0 Å². The van der Waals surface area contributed by atoms with Gasteiger partial charge in [0.1, 0.15) is 0 Å². The third-order valence-electron chi connectivity index (χ3n) is 6.85. The molecule has 1 aromatic heterocycles. The number of ether oxygens (including phenoxy) is 2. The van der Waals surface area contributed by atoms with Crippen LogP contribution in [0, 0.1) is 0 Å². The van der Waals surface area contributed by atoms with Crippen LogP contribution in [0.3, 0.4) is 0 Å². The number of carbonyl (C=O) groups excluding carboxylic acids is 1. The number of benzene rings is 3. The van der Waals surface area contributed by atoms with Crippen molar-refractivity contribution in [2.75, 3.05) is 33.4 Å². The molecule has 1 aliphatic rings. The van der Waals surface area contributed by atoms with E-state index in [0.29, 0.717) is 25.4 Å². The Labute approximate surface area is 212 Å². The smallest absolute Gasteiger partial charge is 0.253 e. The molecule has 0 aliphatic carbocycles. The lowest BCUT2D eigenvalue weighted by atomic mass is 10.0. The fourth-order valence-electron chi connectivity index (χ4n) is 4.82. The molecule has 0 unspecified atom stereocenters. The number of aromatic nitrogens is 1. The molecule has 1 fully saturated rings. The number of para-hydroxylation sites is 1. The van der Waals surface area contributed by atoms with Crippen LogP contribution < -0.4 is 5.32 Å². The molecule has 3 aromatic carbocycles. The minimum Gasteiger partial charge on any atom is -0.382 e. The maximum Gasteiger partial charge on any atom is 0.253 e. The molecular weight excluding hydrogens is 450 g/mol. The zero-order valence-electron chi connectivity index (χ0n) is 20.8. The first kappa shape index (κ1) is 24.4. The zero-order valence-corrected chi connectivity index (χ0v) is 20.8. The van der Waals surface area contributed by atoms with Crippen LogP contribution in [-0.4, -0.2) is 55.2 Å². The van der Waals surface area contributed by atoms with E-state index in [9.17, 15) is 4.79 Å². The molecule has 1 N–H and O–H groups in total. The number of amides is 1. The topological polar surface area (TPSA) is 63.7 Å². The number of rotatable bonds is 9. The van der Waals surface area contributed by atoms with Gasteiger partial charge in [-0.05, 0) is 59.0 Å². The molecule has 6 nitrogen and oxygen atoms in total. The van der Waals surface area contributed by atoms with E-state index >= 15 is 0 Å². The minimum atomic E-state index is -0.0387. The fourth-order valence-corrected chi connectivity index (χ4v) is 4.82. The summed E-state index contributed by atoms with van der Waals surface area (Å²) in [5.74, 6) is -0.0387. The van der Waals surface area contributed by atoms with Gasteiger partial charge in [-0.3, -0.25) is 14.7 Å². The molecular formula is C30H33N3O3. The average Bonchev–Trinajstić information content (AvgIpc) is 2.91. The summed E-state index contributed by atoms with van der Waals surface area (Å²) < 4.78 is 10.7. The monoisotopic (exact) mass is 483 g/mol. The number of nitrogens with one attached hydrogen (secondary N) is 1. The second kappa shape index (κ2) is 11.6. The number of hydrogen-bond acceptors (Lipinski definition) is 5. The maximum absolute atomic E-state index is 12.8. The first-order chi connectivity index (χ1) is 17.7. The van der Waals surface area contributed by atoms with Crippen molar-refractivity contribution in [3.05, 3.63) is 89.6 Å². The van der Waals surface area contributed by atoms with Crippen LogP contribution >= 0.6 is 0 Å². The molecule has 1 amide bonds. The highest BCUT2D eigenvalue weighted by Crippen LogP contribution is 2.21. The highest BCUT2D eigenvalue weighted by atomic mass is 16.5. The van der Waals surface area contributed by atoms with Crippen molar-refractivity contribution < 1.29 is 14.3 Å². The van der Waals surface area contributed by atoms with Crippen LogP contribution in [-0.2, 0) is 22.6 Å². The molecule has 0 atom stereocenters. The average molecular weight is 484 g/mol. The minimum absolute atomic E-state index is 0.0387. The van der Waals surface area contributed by atoms with Crippen molar-refractivity contribution in [3.8, 4) is 0 Å². The number of carbonyl (C=O) groups is 1. The van der Waals surface area contributed by atoms with Gasteiger partial charge in [0.05, 0.1) is 30.9 Å². The van der Waals surface area contributed by atoms with Gasteiger partial charge >= 0.3 is 0 Å². The number of fused-ring (bicyclic) bond motifs is 2. The Morgan fingerprint density at radius 3 is 2.56 bits per heavy atom. The number of nitrogens with zero attached hydrogens (tertiary/aromatic N) is 2. The molecule has 2 heterocycles. The van der Waals surface area contributed by atoms with E-state index in [2.05, 4.69) is 51.6 Å². The molecule has 1 aliphatic heterocycles. The van der Waals surface area contributed by atoms with Gasteiger partial charge in [-0.2, -0.15) is 0 Å². The molecule has 4 aromatic rings. The molecule has 0 spiro atoms. The van der Waals surface area contributed by atoms with Crippen LogP contribution in [0.2, 0.25) is 0 Å². The number of hydrogen-bond donors (Lipinski definition) is 1. The first-order valence-corrected chi connectivity index (χ1v) is 12.6. The molecule has 0 saturated carbocycles. The van der Waals surface area contributed by atoms with E-state index < -0.39 is 0 Å². The van der Waals surface area contributed by atoms with E-state index in [1.807, 2.05) is 30.3 Å². The second-order valence-corrected chi connectivity index (χ2v) is 9.50. The molecule has 186 valence electrons. The Bertz CT molecular complexity index is 1330. The van der Waals surface area contributed by atoms with Crippen molar-refractivity contribution in [1.82, 2.24) is 15.2 Å². The van der Waals surface area contributed by atoms with Crippen molar-refractivity contribution in [1.29, 1.82) is 0 Å². The predicted octanol–water partition coefficient (Wildman–Crippen LogP) is 4.95. The Morgan fingerprint density at radius 1 is 0.944 bits per heavy atom. The Hall–Kier alpha value is -3.32. The summed E-state index contributed by atoms with van der Waals surface area (Å²) in [6, 6.07) is 23.2. The largest absolute Gasteiger partial charge is 0.382 e. The van der Waals surface area contributed by atoms with Crippen LogP contribution in [0.15, 0.2) is 72.9 Å². The molecule has 5 rings (SSSR count). The summed E-state index contributed by atoms with van der Waals surface area (Å²) in [5, 5.41) is 6.68. The third kappa shape index (κ3) is 6.08. The van der Waals surface area contributed by atoms with Gasteiger partial charge < -0.3 is 14.8 Å². The SMILES string of the molecule is COCCOCc1ccc2ccc(CN3CCC(NC(=O)c4cnc5ccccc5c4)CC3)cc2c1. The molecule has 0 radical (unpaired) electrons. The number of piperidine rings is 1. The Morgan fingerprint density at radius 2 is 1.72 bits per heavy atom. The highest BCUT2D eigenvalue weighted by molar-refractivity contribution is 5.97. The van der Waals surface area contributed by atoms with Gasteiger partial charge in [-0.15, -0.1) is 0 Å². The van der Waals surface area contributed by atoms with Gasteiger partial charge in [0.25, 0.3) is 5.91 Å². The number of pyridine rings is 1. The lowest BCUT2D eigenvalue weighted by molar-refractivity contribution is 0.0617. The Kier molecular flexibility index (Phi) is 7.86. The van der Waals surface area contributed by atoms with Gasteiger partial charge in [0, 0.05) is 44.4 Å². The summed E-state index contributed by atoms with van der Waals surface area (Å²) >= 11 is 0. The maximum atomic E-state index is 12.8. The Balaban J connectivity index is 1.14. The molecule has 36 heavy (non-hydrogen) atoms. The lowest BCUT2D eigenvalue weighted by Crippen LogP contribution is -2.44. The van der Waals surface area contributed by atoms with Gasteiger partial charge in [0.2, 0.25) is 0 Å². The molecule has 6 heteroatoms. The standard InChI is InChI=1S/C30H33N3O3/c1-35-14-15-36-21-23-7-9-24-8-6-22(16-26(24)17-23)20-33-12-10-28(11-13-33)32-30(34)27-18-25-4-2-3-5-29(25)31-19-27/h2-9,16-19,28H,10-15,20-21H2,1H3,(H,32,34). The summed E-state index contributed by atoms with van der Waals surface area (Å²) in [6.07, 6.45) is 3.57. The zero-order chi connectivity index (χ0) is 24.7. The number of likely N-dealkylation sites (tertiary alicyclic amines) is 1. The van der Waals surface area contributed by atoms with E-state index in [4.69, 9.17) is 9.47 Å². The van der Waals surface area contributed by atoms with Gasteiger partial charge in [0.15, 0.2) is 0 Å². The van der Waals surface area contributed by atoms with Gasteiger partial charge in [-0.1, -0.05) is 42.5 Å².